The average Bonchev–Trinajstić information content (AvgIpc) is 2.80. The smallest absolute Gasteiger partial charge is 0.235 e. The van der Waals surface area contributed by atoms with E-state index in [0.29, 0.717) is 24.1 Å². The molecule has 130 valence electrons. The summed E-state index contributed by atoms with van der Waals surface area (Å²) in [6.07, 6.45) is 0. The zero-order valence-electron chi connectivity index (χ0n) is 14.0. The van der Waals surface area contributed by atoms with Gasteiger partial charge in [-0.05, 0) is 29.2 Å². The third-order valence-electron chi connectivity index (χ3n) is 3.72. The molecule has 0 amide bonds. The Morgan fingerprint density at radius 3 is 2.54 bits per heavy atom. The highest BCUT2D eigenvalue weighted by atomic mass is 35.5. The molecule has 0 bridgehead atoms. The molecule has 1 aromatic heterocycles. The Morgan fingerprint density at radius 1 is 1.25 bits per heavy atom. The average molecular weight is 369 g/mol. The van der Waals surface area contributed by atoms with Crippen molar-refractivity contribution in [3.05, 3.63) is 35.5 Å². The van der Waals surface area contributed by atoms with E-state index in [1.165, 1.54) is 0 Å². The lowest BCUT2D eigenvalue weighted by Crippen LogP contribution is -2.27. The van der Waals surface area contributed by atoms with Crippen molar-refractivity contribution in [2.24, 2.45) is 5.41 Å². The number of ether oxygens (including phenoxy) is 1. The maximum Gasteiger partial charge on any atom is 0.235 e. The number of nitrogens with one attached hydrogen (secondary N) is 1. The highest BCUT2D eigenvalue weighted by Crippen LogP contribution is 2.37. The lowest BCUT2D eigenvalue weighted by atomic mass is 9.99. The van der Waals surface area contributed by atoms with Crippen molar-refractivity contribution in [2.45, 2.75) is 27.3 Å². The van der Waals surface area contributed by atoms with Crippen molar-refractivity contribution >= 4 is 27.4 Å². The molecule has 0 radical (unpaired) electrons. The zero-order chi connectivity index (χ0) is 17.5. The molecular formula is C17H21ClN2O3S. The summed E-state index contributed by atoms with van der Waals surface area (Å²) in [7, 11) is -3.30. The molecule has 0 saturated heterocycles. The van der Waals surface area contributed by atoms with E-state index >= 15 is 0 Å². The van der Waals surface area contributed by atoms with Gasteiger partial charge in [-0.1, -0.05) is 44.5 Å². The number of hydrogen-bond donors (Lipinski definition) is 1. The van der Waals surface area contributed by atoms with Gasteiger partial charge in [-0.25, -0.2) is 8.42 Å². The van der Waals surface area contributed by atoms with Crippen LogP contribution in [0.25, 0.3) is 11.1 Å². The van der Waals surface area contributed by atoms with Crippen LogP contribution in [0.1, 0.15) is 20.8 Å². The summed E-state index contributed by atoms with van der Waals surface area (Å²) >= 11 is 6.24. The summed E-state index contributed by atoms with van der Waals surface area (Å²) in [5, 5.41) is 0.524. The first-order valence-electron chi connectivity index (χ1n) is 7.77. The number of fused-ring (bicyclic) bond motifs is 1. The Morgan fingerprint density at radius 2 is 1.92 bits per heavy atom. The number of aromatic nitrogens is 1. The minimum atomic E-state index is -3.30. The fraction of sp³-hybridized carbons (Fsp3) is 0.412. The predicted octanol–water partition coefficient (Wildman–Crippen LogP) is 3.99. The van der Waals surface area contributed by atoms with Gasteiger partial charge in [0.15, 0.2) is 0 Å². The van der Waals surface area contributed by atoms with E-state index in [0.717, 1.165) is 16.9 Å². The molecule has 0 saturated carbocycles. The van der Waals surface area contributed by atoms with Crippen LogP contribution >= 0.6 is 11.6 Å². The molecule has 3 rings (SSSR count). The van der Waals surface area contributed by atoms with E-state index in [1.54, 1.807) is 10.6 Å². The summed E-state index contributed by atoms with van der Waals surface area (Å²) in [4.78, 5) is 0. The van der Waals surface area contributed by atoms with Gasteiger partial charge < -0.3 is 9.30 Å². The summed E-state index contributed by atoms with van der Waals surface area (Å²) in [5.41, 5.74) is 1.75. The van der Waals surface area contributed by atoms with Gasteiger partial charge >= 0.3 is 0 Å². The number of anilines is 1. The number of benzene rings is 1. The van der Waals surface area contributed by atoms with E-state index < -0.39 is 10.0 Å². The van der Waals surface area contributed by atoms with Crippen molar-refractivity contribution in [1.82, 2.24) is 4.57 Å². The fourth-order valence-electron chi connectivity index (χ4n) is 2.51. The van der Waals surface area contributed by atoms with E-state index in [9.17, 15) is 8.42 Å². The van der Waals surface area contributed by atoms with E-state index in [1.807, 2.05) is 24.3 Å². The van der Waals surface area contributed by atoms with Crippen LogP contribution in [0.15, 0.2) is 30.3 Å². The second-order valence-electron chi connectivity index (χ2n) is 7.18. The lowest BCUT2D eigenvalue weighted by Gasteiger charge is -2.20. The monoisotopic (exact) mass is 368 g/mol. The number of hydrogen-bond acceptors (Lipinski definition) is 3. The van der Waals surface area contributed by atoms with Crippen molar-refractivity contribution in [3.63, 3.8) is 0 Å². The topological polar surface area (TPSA) is 60.3 Å². The highest BCUT2D eigenvalue weighted by Gasteiger charge is 2.25. The van der Waals surface area contributed by atoms with Crippen LogP contribution in [-0.4, -0.2) is 25.3 Å². The first kappa shape index (κ1) is 17.2. The number of nitrogens with zero attached hydrogens (tertiary/aromatic N) is 1. The van der Waals surface area contributed by atoms with Crippen LogP contribution in [0.2, 0.25) is 5.15 Å². The molecule has 2 heterocycles. The maximum absolute atomic E-state index is 11.9. The minimum Gasteiger partial charge on any atom is -0.493 e. The summed E-state index contributed by atoms with van der Waals surface area (Å²) < 4.78 is 33.9. The highest BCUT2D eigenvalue weighted by molar-refractivity contribution is 7.92. The van der Waals surface area contributed by atoms with Gasteiger partial charge in [0, 0.05) is 12.1 Å². The van der Waals surface area contributed by atoms with Gasteiger partial charge in [0.2, 0.25) is 10.0 Å². The number of rotatable bonds is 3. The molecule has 0 fully saturated rings. The molecule has 2 aromatic rings. The Labute approximate surface area is 147 Å². The standard InChI is InChI=1S/C17H21ClN2O3S/c1-17(2,3)11-23-13-6-4-12(5-7-13)14-10-15(18)20-8-9-24(21,22)19-16(14)20/h4-7,10,19H,8-9,11H2,1-3H3. The fourth-order valence-corrected chi connectivity index (χ4v) is 3.82. The Balaban J connectivity index is 1.88. The van der Waals surface area contributed by atoms with Gasteiger partial charge in [-0.2, -0.15) is 0 Å². The van der Waals surface area contributed by atoms with Crippen LogP contribution in [0, 0.1) is 5.41 Å². The Kier molecular flexibility index (Phi) is 4.30. The lowest BCUT2D eigenvalue weighted by molar-refractivity contribution is 0.198. The van der Waals surface area contributed by atoms with Crippen molar-refractivity contribution in [3.8, 4) is 16.9 Å². The van der Waals surface area contributed by atoms with Crippen molar-refractivity contribution < 1.29 is 13.2 Å². The van der Waals surface area contributed by atoms with Gasteiger partial charge in [-0.3, -0.25) is 4.72 Å². The molecule has 1 aromatic carbocycles. The molecular weight excluding hydrogens is 348 g/mol. The normalized spacial score (nSPS) is 16.3. The second-order valence-corrected chi connectivity index (χ2v) is 9.40. The molecule has 1 aliphatic heterocycles. The third kappa shape index (κ3) is 3.70. The molecule has 0 unspecified atom stereocenters. The molecule has 1 aliphatic rings. The molecule has 24 heavy (non-hydrogen) atoms. The Hall–Kier alpha value is -1.66. The molecule has 7 heteroatoms. The van der Waals surface area contributed by atoms with Gasteiger partial charge in [-0.15, -0.1) is 0 Å². The van der Waals surface area contributed by atoms with Crippen LogP contribution < -0.4 is 9.46 Å². The van der Waals surface area contributed by atoms with Gasteiger partial charge in [0.05, 0.1) is 12.4 Å². The van der Waals surface area contributed by atoms with E-state index in [-0.39, 0.29) is 11.2 Å². The number of sulfonamides is 1. The second kappa shape index (κ2) is 6.01. The third-order valence-corrected chi connectivity index (χ3v) is 5.26. The van der Waals surface area contributed by atoms with Crippen molar-refractivity contribution in [1.29, 1.82) is 0 Å². The van der Waals surface area contributed by atoms with Crippen LogP contribution in [0.3, 0.4) is 0 Å². The van der Waals surface area contributed by atoms with Gasteiger partial charge in [0.1, 0.15) is 16.7 Å². The summed E-state index contributed by atoms with van der Waals surface area (Å²) in [6.45, 7) is 7.32. The summed E-state index contributed by atoms with van der Waals surface area (Å²) in [5.74, 6) is 1.34. The number of halogens is 1. The largest absolute Gasteiger partial charge is 0.493 e. The van der Waals surface area contributed by atoms with Crippen LogP contribution in [0.5, 0.6) is 5.75 Å². The SMILES string of the molecule is CC(C)(C)COc1ccc(-c2cc(Cl)n3c2NS(=O)(=O)CC3)cc1. The minimum absolute atomic E-state index is 0.0351. The first-order valence-corrected chi connectivity index (χ1v) is 9.80. The zero-order valence-corrected chi connectivity index (χ0v) is 15.5. The van der Waals surface area contributed by atoms with Gasteiger partial charge in [0.25, 0.3) is 0 Å². The Bertz CT molecular complexity index is 849. The first-order chi connectivity index (χ1) is 11.1. The van der Waals surface area contributed by atoms with Crippen molar-refractivity contribution in [2.75, 3.05) is 17.1 Å². The van der Waals surface area contributed by atoms with Crippen LogP contribution in [-0.2, 0) is 16.6 Å². The van der Waals surface area contributed by atoms with E-state index in [4.69, 9.17) is 16.3 Å². The predicted molar refractivity (Wildman–Crippen MR) is 97.2 cm³/mol. The molecule has 0 aliphatic carbocycles. The van der Waals surface area contributed by atoms with Crippen LogP contribution in [0.4, 0.5) is 5.82 Å². The molecule has 0 atom stereocenters. The summed E-state index contributed by atoms with van der Waals surface area (Å²) in [6, 6.07) is 9.38. The molecule has 5 nitrogen and oxygen atoms in total. The van der Waals surface area contributed by atoms with E-state index in [2.05, 4.69) is 25.5 Å². The maximum atomic E-state index is 11.9. The molecule has 1 N–H and O–H groups in total. The molecule has 0 spiro atoms. The quantitative estimate of drug-likeness (QED) is 0.891.